The van der Waals surface area contributed by atoms with Crippen molar-refractivity contribution in [1.82, 2.24) is 14.3 Å². The Labute approximate surface area is 230 Å². The van der Waals surface area contributed by atoms with Gasteiger partial charge in [0.1, 0.15) is 17.2 Å². The van der Waals surface area contributed by atoms with Gasteiger partial charge in [0.25, 0.3) is 5.91 Å². The molecule has 0 bridgehead atoms. The minimum atomic E-state index is -4.83. The summed E-state index contributed by atoms with van der Waals surface area (Å²) in [7, 11) is -6.16. The molecule has 40 heavy (non-hydrogen) atoms. The van der Waals surface area contributed by atoms with E-state index in [1.54, 1.807) is 0 Å². The van der Waals surface area contributed by atoms with E-state index in [9.17, 15) is 34.8 Å². The second-order valence-corrected chi connectivity index (χ2v) is 14.4. The Hall–Kier alpha value is -2.88. The van der Waals surface area contributed by atoms with Gasteiger partial charge in [0, 0.05) is 14.1 Å². The number of carbonyl (C=O) groups is 1. The molecule has 1 saturated heterocycles. The molecule has 2 aromatic carbocycles. The Morgan fingerprint density at radius 3 is 1.93 bits per heavy atom. The number of amides is 1. The second-order valence-electron chi connectivity index (χ2n) is 10.2. The van der Waals surface area contributed by atoms with Gasteiger partial charge >= 0.3 is 16.6 Å². The number of nitrogens with zero attached hydrogens (tertiary/aromatic N) is 1. The highest BCUT2D eigenvalue weighted by atomic mass is 32.2. The van der Waals surface area contributed by atoms with Crippen LogP contribution in [0.4, 0.5) is 13.2 Å². The Morgan fingerprint density at radius 1 is 0.875 bits per heavy atom. The van der Waals surface area contributed by atoms with Crippen LogP contribution < -0.4 is 19.5 Å². The van der Waals surface area contributed by atoms with Crippen molar-refractivity contribution in [2.45, 2.75) is 48.1 Å². The zero-order chi connectivity index (χ0) is 29.4. The lowest BCUT2D eigenvalue weighted by molar-refractivity contribution is -0.274. The predicted molar refractivity (Wildman–Crippen MR) is 139 cm³/mol. The van der Waals surface area contributed by atoms with Gasteiger partial charge in [-0.1, -0.05) is 0 Å². The SMILES string of the molecule is CN(C)S(=O)(=O)NC(=O)C1(S(=O)(=O)c2ccc(Oc3ccc(OC(F)(F)F)cc3)cc2)CCC2(CCNCC2)C1. The van der Waals surface area contributed by atoms with Crippen LogP contribution in [0, 0.1) is 5.41 Å². The molecule has 4 rings (SSSR count). The molecule has 0 radical (unpaired) electrons. The smallest absolute Gasteiger partial charge is 0.457 e. The van der Waals surface area contributed by atoms with Crippen molar-refractivity contribution >= 4 is 26.0 Å². The third-order valence-corrected chi connectivity index (χ3v) is 11.3. The highest BCUT2D eigenvalue weighted by Gasteiger charge is 2.61. The Morgan fingerprint density at radius 2 is 1.40 bits per heavy atom. The highest BCUT2D eigenvalue weighted by molar-refractivity contribution is 7.94. The summed E-state index contributed by atoms with van der Waals surface area (Å²) < 4.78 is 100. The lowest BCUT2D eigenvalue weighted by atomic mass is 9.77. The summed E-state index contributed by atoms with van der Waals surface area (Å²) in [5.41, 5.74) is -0.414. The van der Waals surface area contributed by atoms with Crippen LogP contribution >= 0.6 is 0 Å². The number of piperidine rings is 1. The van der Waals surface area contributed by atoms with Gasteiger partial charge in [0.05, 0.1) is 4.90 Å². The number of ether oxygens (including phenoxy) is 2. The van der Waals surface area contributed by atoms with Gasteiger partial charge in [-0.05, 0) is 99.1 Å². The largest absolute Gasteiger partial charge is 0.573 e. The van der Waals surface area contributed by atoms with Crippen LogP contribution in [0.25, 0.3) is 0 Å². The quantitative estimate of drug-likeness (QED) is 0.469. The van der Waals surface area contributed by atoms with E-state index in [2.05, 4.69) is 10.1 Å². The van der Waals surface area contributed by atoms with Crippen LogP contribution in [-0.4, -0.2) is 65.3 Å². The molecule has 1 aliphatic heterocycles. The molecular formula is C25H30F3N3O7S2. The minimum Gasteiger partial charge on any atom is -0.457 e. The Kier molecular flexibility index (Phi) is 8.15. The lowest BCUT2D eigenvalue weighted by Gasteiger charge is -2.36. The first-order valence-corrected chi connectivity index (χ1v) is 15.3. The number of halogens is 3. The van der Waals surface area contributed by atoms with Crippen LogP contribution in [0.1, 0.15) is 32.1 Å². The van der Waals surface area contributed by atoms with Crippen LogP contribution in [0.15, 0.2) is 53.4 Å². The molecule has 1 unspecified atom stereocenters. The highest BCUT2D eigenvalue weighted by Crippen LogP contribution is 2.54. The van der Waals surface area contributed by atoms with Crippen molar-refractivity contribution in [2.75, 3.05) is 27.2 Å². The van der Waals surface area contributed by atoms with Crippen LogP contribution in [-0.2, 0) is 24.8 Å². The monoisotopic (exact) mass is 605 g/mol. The number of nitrogens with one attached hydrogen (secondary N) is 2. The van der Waals surface area contributed by atoms with E-state index < -0.39 is 48.2 Å². The maximum atomic E-state index is 14.1. The fourth-order valence-corrected chi connectivity index (χ4v) is 8.02. The molecule has 2 aromatic rings. The first-order chi connectivity index (χ1) is 18.6. The minimum absolute atomic E-state index is 0.0105. The number of benzene rings is 2. The van der Waals surface area contributed by atoms with Gasteiger partial charge in [-0.3, -0.25) is 4.79 Å². The summed E-state index contributed by atoms with van der Waals surface area (Å²) in [6, 6.07) is 9.88. The summed E-state index contributed by atoms with van der Waals surface area (Å²) in [6.45, 7) is 1.34. The lowest BCUT2D eigenvalue weighted by Crippen LogP contribution is -2.55. The van der Waals surface area contributed by atoms with E-state index in [1.807, 2.05) is 4.72 Å². The molecule has 1 saturated carbocycles. The fourth-order valence-electron chi connectivity index (χ4n) is 5.24. The first kappa shape index (κ1) is 30.1. The third-order valence-electron chi connectivity index (χ3n) is 7.44. The summed E-state index contributed by atoms with van der Waals surface area (Å²) in [4.78, 5) is 13.4. The normalized spacial score (nSPS) is 21.4. The number of hydrogen-bond donors (Lipinski definition) is 2. The van der Waals surface area contributed by atoms with Crippen molar-refractivity contribution in [2.24, 2.45) is 5.41 Å². The number of rotatable bonds is 8. The molecular weight excluding hydrogens is 575 g/mol. The standard InChI is InChI=1S/C25H30F3N3O7S2/c1-31(2)40(35,36)30-22(32)24(12-11-23(17-24)13-15-29-16-14-23)39(33,34)21-9-7-19(8-10-21)37-18-3-5-20(6-4-18)38-25(26,27)28/h3-10,29H,11-17H2,1-2H3,(H,30,32). The van der Waals surface area contributed by atoms with Crippen LogP contribution in [0.2, 0.25) is 0 Å². The van der Waals surface area contributed by atoms with E-state index in [4.69, 9.17) is 4.74 Å². The average molecular weight is 606 g/mol. The molecule has 0 aromatic heterocycles. The molecule has 1 aliphatic carbocycles. The molecule has 1 spiro atoms. The molecule has 15 heteroatoms. The maximum absolute atomic E-state index is 14.1. The molecule has 1 atom stereocenters. The van der Waals surface area contributed by atoms with Gasteiger partial charge in [-0.15, -0.1) is 13.2 Å². The van der Waals surface area contributed by atoms with Gasteiger partial charge < -0.3 is 14.8 Å². The molecule has 2 fully saturated rings. The molecule has 1 heterocycles. The van der Waals surface area contributed by atoms with Gasteiger partial charge in [0.2, 0.25) is 0 Å². The fraction of sp³-hybridized carbons (Fsp3) is 0.480. The number of sulfone groups is 1. The summed E-state index contributed by atoms with van der Waals surface area (Å²) in [5, 5.41) is 3.23. The average Bonchev–Trinajstić information content (AvgIpc) is 3.25. The zero-order valence-electron chi connectivity index (χ0n) is 21.8. The molecule has 10 nitrogen and oxygen atoms in total. The second kappa shape index (κ2) is 10.8. The van der Waals surface area contributed by atoms with E-state index in [1.165, 1.54) is 50.5 Å². The van der Waals surface area contributed by atoms with Crippen molar-refractivity contribution in [3.8, 4) is 17.2 Å². The van der Waals surface area contributed by atoms with Crippen molar-refractivity contribution < 1.29 is 44.3 Å². The van der Waals surface area contributed by atoms with Crippen molar-refractivity contribution in [3.05, 3.63) is 48.5 Å². The summed E-state index contributed by atoms with van der Waals surface area (Å²) in [6.07, 6.45) is -3.09. The molecule has 1 amide bonds. The van der Waals surface area contributed by atoms with Crippen LogP contribution in [0.3, 0.4) is 0 Å². The summed E-state index contributed by atoms with van der Waals surface area (Å²) in [5.74, 6) is -1.14. The van der Waals surface area contributed by atoms with E-state index in [0.717, 1.165) is 16.4 Å². The van der Waals surface area contributed by atoms with E-state index in [0.29, 0.717) is 32.4 Å². The Balaban J connectivity index is 1.60. The van der Waals surface area contributed by atoms with Gasteiger partial charge in [0.15, 0.2) is 14.6 Å². The van der Waals surface area contributed by atoms with E-state index in [-0.39, 0.29) is 29.2 Å². The summed E-state index contributed by atoms with van der Waals surface area (Å²) >= 11 is 0. The van der Waals surface area contributed by atoms with Gasteiger partial charge in [-0.2, -0.15) is 12.7 Å². The van der Waals surface area contributed by atoms with Gasteiger partial charge in [-0.25, -0.2) is 13.1 Å². The van der Waals surface area contributed by atoms with E-state index >= 15 is 0 Å². The first-order valence-electron chi connectivity index (χ1n) is 12.4. The van der Waals surface area contributed by atoms with Crippen molar-refractivity contribution in [1.29, 1.82) is 0 Å². The topological polar surface area (TPSA) is 131 Å². The number of hydrogen-bond acceptors (Lipinski definition) is 8. The molecule has 2 aliphatic rings. The van der Waals surface area contributed by atoms with Crippen LogP contribution in [0.5, 0.6) is 17.2 Å². The number of carbonyl (C=O) groups excluding carboxylic acids is 1. The van der Waals surface area contributed by atoms with Crippen molar-refractivity contribution in [3.63, 3.8) is 0 Å². The predicted octanol–water partition coefficient (Wildman–Crippen LogP) is 3.37. The third kappa shape index (κ3) is 6.21. The molecule has 220 valence electrons. The molecule has 2 N–H and O–H groups in total. The Bertz CT molecular complexity index is 1440. The maximum Gasteiger partial charge on any atom is 0.573 e. The number of alkyl halides is 3. The zero-order valence-corrected chi connectivity index (χ0v) is 23.5.